The minimum atomic E-state index is 0.750. The monoisotopic (exact) mass is 332 g/mol. The number of benzene rings is 2. The fourth-order valence-corrected chi connectivity index (χ4v) is 2.74. The van der Waals surface area contributed by atoms with Crippen LogP contribution in [0.4, 0.5) is 11.6 Å². The number of nitrogens with one attached hydrogen (secondary N) is 2. The lowest BCUT2D eigenvalue weighted by Gasteiger charge is -2.12. The van der Waals surface area contributed by atoms with E-state index in [2.05, 4.69) is 83.0 Å². The predicted molar refractivity (Wildman–Crippen MR) is 104 cm³/mol. The Labute approximate surface area is 149 Å². The number of hydrogen-bond donors (Lipinski definition) is 2. The van der Waals surface area contributed by atoms with E-state index in [1.807, 2.05) is 13.0 Å². The Morgan fingerprint density at radius 1 is 0.680 bits per heavy atom. The van der Waals surface area contributed by atoms with Crippen molar-refractivity contribution < 1.29 is 0 Å². The molecule has 0 aliphatic carbocycles. The van der Waals surface area contributed by atoms with E-state index in [0.717, 1.165) is 30.5 Å². The molecule has 2 aromatic carbocycles. The minimum Gasteiger partial charge on any atom is -0.366 e. The molecule has 0 unspecified atom stereocenters. The standard InChI is InChI=1S/C21H24N4/c1-15-8-4-6-10-18(15)13-22-20-12-21(25-17(3)24-20)23-14-19-11-7-5-9-16(19)2/h4-12H,13-14H2,1-3H3,(H2,22,23,24,25). The molecule has 128 valence electrons. The number of aryl methyl sites for hydroxylation is 3. The third kappa shape index (κ3) is 4.57. The summed E-state index contributed by atoms with van der Waals surface area (Å²) >= 11 is 0. The third-order valence-corrected chi connectivity index (χ3v) is 4.28. The van der Waals surface area contributed by atoms with Gasteiger partial charge in [0.2, 0.25) is 0 Å². The van der Waals surface area contributed by atoms with Crippen molar-refractivity contribution in [1.82, 2.24) is 9.97 Å². The van der Waals surface area contributed by atoms with Gasteiger partial charge in [-0.05, 0) is 43.0 Å². The van der Waals surface area contributed by atoms with Crippen molar-refractivity contribution in [1.29, 1.82) is 0 Å². The molecule has 2 N–H and O–H groups in total. The Hall–Kier alpha value is -2.88. The number of aromatic nitrogens is 2. The fourth-order valence-electron chi connectivity index (χ4n) is 2.74. The van der Waals surface area contributed by atoms with Crippen LogP contribution >= 0.6 is 0 Å². The third-order valence-electron chi connectivity index (χ3n) is 4.28. The first kappa shape index (κ1) is 17.0. The van der Waals surface area contributed by atoms with E-state index in [9.17, 15) is 0 Å². The lowest BCUT2D eigenvalue weighted by atomic mass is 10.1. The second-order valence-electron chi connectivity index (χ2n) is 6.25. The molecular formula is C21H24N4. The maximum atomic E-state index is 4.49. The number of rotatable bonds is 6. The molecule has 0 fully saturated rings. The molecule has 0 spiro atoms. The molecule has 1 aromatic heterocycles. The Morgan fingerprint density at radius 2 is 1.12 bits per heavy atom. The average molecular weight is 332 g/mol. The molecule has 3 rings (SSSR count). The van der Waals surface area contributed by atoms with E-state index < -0.39 is 0 Å². The van der Waals surface area contributed by atoms with Crippen molar-refractivity contribution in [2.45, 2.75) is 33.9 Å². The first-order valence-corrected chi connectivity index (χ1v) is 8.54. The zero-order chi connectivity index (χ0) is 17.6. The highest BCUT2D eigenvalue weighted by Crippen LogP contribution is 2.16. The Bertz CT molecular complexity index is 790. The van der Waals surface area contributed by atoms with Crippen LogP contribution in [0.5, 0.6) is 0 Å². The zero-order valence-electron chi connectivity index (χ0n) is 15.0. The smallest absolute Gasteiger partial charge is 0.132 e. The molecule has 0 saturated carbocycles. The summed E-state index contributed by atoms with van der Waals surface area (Å²) in [5.41, 5.74) is 5.10. The molecule has 0 bridgehead atoms. The molecular weight excluding hydrogens is 308 g/mol. The van der Waals surface area contributed by atoms with Crippen molar-refractivity contribution in [3.8, 4) is 0 Å². The molecule has 1 heterocycles. The SMILES string of the molecule is Cc1nc(NCc2ccccc2C)cc(NCc2ccccc2C)n1. The van der Waals surface area contributed by atoms with Crippen molar-refractivity contribution in [2.24, 2.45) is 0 Å². The Kier molecular flexibility index (Phi) is 5.29. The van der Waals surface area contributed by atoms with E-state index >= 15 is 0 Å². The molecule has 0 aliphatic heterocycles. The summed E-state index contributed by atoms with van der Waals surface area (Å²) in [6.45, 7) is 7.66. The van der Waals surface area contributed by atoms with Crippen molar-refractivity contribution in [2.75, 3.05) is 10.6 Å². The van der Waals surface area contributed by atoms with E-state index in [-0.39, 0.29) is 0 Å². The summed E-state index contributed by atoms with van der Waals surface area (Å²) in [5.74, 6) is 2.42. The van der Waals surface area contributed by atoms with E-state index in [1.165, 1.54) is 22.3 Å². The molecule has 4 heteroatoms. The highest BCUT2D eigenvalue weighted by Gasteiger charge is 2.04. The topological polar surface area (TPSA) is 49.8 Å². The summed E-state index contributed by atoms with van der Waals surface area (Å²) in [6.07, 6.45) is 0. The van der Waals surface area contributed by atoms with Crippen LogP contribution in [-0.2, 0) is 13.1 Å². The summed E-state index contributed by atoms with van der Waals surface area (Å²) in [7, 11) is 0. The number of anilines is 2. The van der Waals surface area contributed by atoms with Gasteiger partial charge in [-0.25, -0.2) is 9.97 Å². The first-order chi connectivity index (χ1) is 12.1. The van der Waals surface area contributed by atoms with Gasteiger partial charge in [0.05, 0.1) is 0 Å². The highest BCUT2D eigenvalue weighted by atomic mass is 15.1. The van der Waals surface area contributed by atoms with Gasteiger partial charge >= 0.3 is 0 Å². The second-order valence-corrected chi connectivity index (χ2v) is 6.25. The summed E-state index contributed by atoms with van der Waals surface area (Å²) < 4.78 is 0. The number of nitrogens with zero attached hydrogens (tertiary/aromatic N) is 2. The normalized spacial score (nSPS) is 10.5. The van der Waals surface area contributed by atoms with Crippen molar-refractivity contribution >= 4 is 11.6 Å². The van der Waals surface area contributed by atoms with Gasteiger partial charge in [0.25, 0.3) is 0 Å². The lowest BCUT2D eigenvalue weighted by Crippen LogP contribution is -2.08. The van der Waals surface area contributed by atoms with Gasteiger partial charge in [0.15, 0.2) is 0 Å². The van der Waals surface area contributed by atoms with E-state index in [1.54, 1.807) is 0 Å². The first-order valence-electron chi connectivity index (χ1n) is 8.54. The average Bonchev–Trinajstić information content (AvgIpc) is 2.60. The van der Waals surface area contributed by atoms with E-state index in [0.29, 0.717) is 0 Å². The largest absolute Gasteiger partial charge is 0.366 e. The molecule has 0 amide bonds. The summed E-state index contributed by atoms with van der Waals surface area (Å²) in [5, 5.41) is 6.80. The lowest BCUT2D eigenvalue weighted by molar-refractivity contribution is 0.998. The van der Waals surface area contributed by atoms with Crippen LogP contribution in [0, 0.1) is 20.8 Å². The fraction of sp³-hybridized carbons (Fsp3) is 0.238. The summed E-state index contributed by atoms with van der Waals surface area (Å²) in [4.78, 5) is 8.98. The van der Waals surface area contributed by atoms with Gasteiger partial charge in [-0.1, -0.05) is 48.5 Å². The van der Waals surface area contributed by atoms with Crippen molar-refractivity contribution in [3.05, 3.63) is 82.7 Å². The second kappa shape index (κ2) is 7.79. The molecule has 0 atom stereocenters. The van der Waals surface area contributed by atoms with Gasteiger partial charge in [-0.15, -0.1) is 0 Å². The van der Waals surface area contributed by atoms with Crippen LogP contribution < -0.4 is 10.6 Å². The van der Waals surface area contributed by atoms with Gasteiger partial charge in [0, 0.05) is 19.2 Å². The molecule has 3 aromatic rings. The van der Waals surface area contributed by atoms with Gasteiger partial charge in [-0.3, -0.25) is 0 Å². The van der Waals surface area contributed by atoms with E-state index in [4.69, 9.17) is 0 Å². The molecule has 4 nitrogen and oxygen atoms in total. The maximum absolute atomic E-state index is 4.49. The molecule has 25 heavy (non-hydrogen) atoms. The maximum Gasteiger partial charge on any atom is 0.132 e. The predicted octanol–water partition coefficient (Wildman–Crippen LogP) is 4.63. The summed E-state index contributed by atoms with van der Waals surface area (Å²) in [6, 6.07) is 18.7. The Morgan fingerprint density at radius 3 is 1.56 bits per heavy atom. The molecule has 0 aliphatic rings. The minimum absolute atomic E-state index is 0.750. The zero-order valence-corrected chi connectivity index (χ0v) is 15.0. The van der Waals surface area contributed by atoms with Crippen LogP contribution in [0.15, 0.2) is 54.6 Å². The van der Waals surface area contributed by atoms with Crippen LogP contribution in [0.2, 0.25) is 0 Å². The van der Waals surface area contributed by atoms with Crippen molar-refractivity contribution in [3.63, 3.8) is 0 Å². The molecule has 0 saturated heterocycles. The van der Waals surface area contributed by atoms with Crippen LogP contribution in [-0.4, -0.2) is 9.97 Å². The van der Waals surface area contributed by atoms with Crippen LogP contribution in [0.3, 0.4) is 0 Å². The molecule has 0 radical (unpaired) electrons. The quantitative estimate of drug-likeness (QED) is 0.691. The van der Waals surface area contributed by atoms with Gasteiger partial charge in [-0.2, -0.15) is 0 Å². The highest BCUT2D eigenvalue weighted by molar-refractivity contribution is 5.48. The van der Waals surface area contributed by atoms with Crippen LogP contribution in [0.25, 0.3) is 0 Å². The van der Waals surface area contributed by atoms with Crippen LogP contribution in [0.1, 0.15) is 28.1 Å². The van der Waals surface area contributed by atoms with Gasteiger partial charge in [0.1, 0.15) is 17.5 Å². The number of hydrogen-bond acceptors (Lipinski definition) is 4. The Balaban J connectivity index is 1.68. The van der Waals surface area contributed by atoms with Gasteiger partial charge < -0.3 is 10.6 Å².